The van der Waals surface area contributed by atoms with Gasteiger partial charge in [-0.3, -0.25) is 4.68 Å². The van der Waals surface area contributed by atoms with Gasteiger partial charge in [-0.25, -0.2) is 4.39 Å². The van der Waals surface area contributed by atoms with Crippen LogP contribution in [-0.2, 0) is 12.2 Å². The molecule has 0 bridgehead atoms. The molecule has 0 amide bonds. The molecule has 1 aromatic heterocycles. The van der Waals surface area contributed by atoms with Gasteiger partial charge in [0.25, 0.3) is 0 Å². The van der Waals surface area contributed by atoms with Crippen LogP contribution in [0.25, 0.3) is 0 Å². The lowest BCUT2D eigenvalue weighted by Gasteiger charge is -2.30. The third kappa shape index (κ3) is 1.54. The fourth-order valence-electron chi connectivity index (χ4n) is 2.04. The molecule has 0 spiro atoms. The van der Waals surface area contributed by atoms with Gasteiger partial charge in [-0.1, -0.05) is 0 Å². The van der Waals surface area contributed by atoms with Crippen molar-refractivity contribution in [1.29, 1.82) is 0 Å². The summed E-state index contributed by atoms with van der Waals surface area (Å²) in [6, 6.07) is 1.80. The summed E-state index contributed by atoms with van der Waals surface area (Å²) in [6.07, 6.45) is 2.79. The predicted octanol–water partition coefficient (Wildman–Crippen LogP) is 1.45. The molecule has 1 N–H and O–H groups in total. The minimum atomic E-state index is -1.17. The number of hydrogen-bond acceptors (Lipinski definition) is 2. The van der Waals surface area contributed by atoms with Gasteiger partial charge < -0.3 is 5.32 Å². The summed E-state index contributed by atoms with van der Waals surface area (Å²) in [6.45, 7) is 4.24. The van der Waals surface area contributed by atoms with E-state index in [9.17, 15) is 4.39 Å². The SMILES string of the molecule is CCn1nccc1C1(F)CCNCC1. The fourth-order valence-corrected chi connectivity index (χ4v) is 2.04. The highest BCUT2D eigenvalue weighted by molar-refractivity contribution is 5.13. The van der Waals surface area contributed by atoms with E-state index in [1.807, 2.05) is 6.92 Å². The summed E-state index contributed by atoms with van der Waals surface area (Å²) in [4.78, 5) is 0. The average Bonchev–Trinajstić information content (AvgIpc) is 2.67. The van der Waals surface area contributed by atoms with E-state index in [1.54, 1.807) is 16.9 Å². The molecule has 1 aromatic rings. The van der Waals surface area contributed by atoms with Crippen LogP contribution in [0.2, 0.25) is 0 Å². The van der Waals surface area contributed by atoms with E-state index < -0.39 is 5.67 Å². The molecule has 2 heterocycles. The summed E-state index contributed by atoms with van der Waals surface area (Å²) in [5, 5.41) is 7.28. The second-order valence-electron chi connectivity index (χ2n) is 3.75. The number of nitrogens with zero attached hydrogens (tertiary/aromatic N) is 2. The number of rotatable bonds is 2. The minimum Gasteiger partial charge on any atom is -0.316 e. The predicted molar refractivity (Wildman–Crippen MR) is 52.8 cm³/mol. The average molecular weight is 197 g/mol. The second-order valence-corrected chi connectivity index (χ2v) is 3.75. The van der Waals surface area contributed by atoms with Gasteiger partial charge in [0.2, 0.25) is 0 Å². The van der Waals surface area contributed by atoms with Crippen molar-refractivity contribution in [1.82, 2.24) is 15.1 Å². The Balaban J connectivity index is 2.27. The van der Waals surface area contributed by atoms with Crippen LogP contribution in [0, 0.1) is 0 Å². The largest absolute Gasteiger partial charge is 0.316 e. The zero-order valence-corrected chi connectivity index (χ0v) is 8.46. The molecule has 0 aliphatic carbocycles. The number of alkyl halides is 1. The first-order valence-electron chi connectivity index (χ1n) is 5.18. The van der Waals surface area contributed by atoms with Crippen LogP contribution >= 0.6 is 0 Å². The van der Waals surface area contributed by atoms with Gasteiger partial charge in [-0.2, -0.15) is 5.10 Å². The van der Waals surface area contributed by atoms with Crippen LogP contribution in [0.1, 0.15) is 25.5 Å². The molecule has 78 valence electrons. The van der Waals surface area contributed by atoms with Gasteiger partial charge >= 0.3 is 0 Å². The van der Waals surface area contributed by atoms with E-state index in [4.69, 9.17) is 0 Å². The normalized spacial score (nSPS) is 21.0. The van der Waals surface area contributed by atoms with E-state index in [2.05, 4.69) is 10.4 Å². The first-order chi connectivity index (χ1) is 6.76. The van der Waals surface area contributed by atoms with Gasteiger partial charge in [0.05, 0.1) is 5.69 Å². The maximum Gasteiger partial charge on any atom is 0.154 e. The highest BCUT2D eigenvalue weighted by Crippen LogP contribution is 2.34. The molecule has 4 heteroatoms. The molecule has 3 nitrogen and oxygen atoms in total. The van der Waals surface area contributed by atoms with Crippen molar-refractivity contribution in [2.75, 3.05) is 13.1 Å². The molecule has 0 unspecified atom stereocenters. The molecular weight excluding hydrogens is 181 g/mol. The first kappa shape index (κ1) is 9.65. The summed E-state index contributed by atoms with van der Waals surface area (Å²) in [5.41, 5.74) is -0.431. The maximum absolute atomic E-state index is 14.5. The maximum atomic E-state index is 14.5. The third-order valence-electron chi connectivity index (χ3n) is 2.87. The van der Waals surface area contributed by atoms with Gasteiger partial charge in [-0.05, 0) is 38.9 Å². The lowest BCUT2D eigenvalue weighted by Crippen LogP contribution is -2.38. The van der Waals surface area contributed by atoms with Crippen LogP contribution in [0.3, 0.4) is 0 Å². The fraction of sp³-hybridized carbons (Fsp3) is 0.700. The van der Waals surface area contributed by atoms with Crippen molar-refractivity contribution < 1.29 is 4.39 Å². The number of halogens is 1. The van der Waals surface area contributed by atoms with Gasteiger partial charge in [0.15, 0.2) is 5.67 Å². The van der Waals surface area contributed by atoms with Crippen LogP contribution in [0.5, 0.6) is 0 Å². The Kier molecular flexibility index (Phi) is 2.54. The Labute approximate surface area is 83.3 Å². The van der Waals surface area contributed by atoms with E-state index in [0.717, 1.165) is 25.3 Å². The highest BCUT2D eigenvalue weighted by Gasteiger charge is 2.36. The zero-order valence-electron chi connectivity index (χ0n) is 8.46. The molecule has 0 atom stereocenters. The number of aryl methyl sites for hydroxylation is 1. The summed E-state index contributed by atoms with van der Waals surface area (Å²) in [5.74, 6) is 0. The molecule has 1 aliphatic heterocycles. The molecule has 14 heavy (non-hydrogen) atoms. The van der Waals surface area contributed by atoms with Gasteiger partial charge in [0.1, 0.15) is 0 Å². The van der Waals surface area contributed by atoms with Crippen molar-refractivity contribution in [3.8, 4) is 0 Å². The Hall–Kier alpha value is -0.900. The standard InChI is InChI=1S/C10H16FN3/c1-2-14-9(3-6-13-14)10(11)4-7-12-8-5-10/h3,6,12H,2,4-5,7-8H2,1H3. The Morgan fingerprint density at radius 1 is 1.57 bits per heavy atom. The van der Waals surface area contributed by atoms with Crippen LogP contribution < -0.4 is 5.32 Å². The molecule has 1 fully saturated rings. The van der Waals surface area contributed by atoms with Crippen LogP contribution in [0.15, 0.2) is 12.3 Å². The summed E-state index contributed by atoms with van der Waals surface area (Å²) >= 11 is 0. The lowest BCUT2D eigenvalue weighted by atomic mass is 9.91. The molecule has 1 saturated heterocycles. The van der Waals surface area contributed by atoms with Crippen molar-refractivity contribution in [3.05, 3.63) is 18.0 Å². The Morgan fingerprint density at radius 3 is 2.93 bits per heavy atom. The number of hydrogen-bond donors (Lipinski definition) is 1. The summed E-state index contributed by atoms with van der Waals surface area (Å²) < 4.78 is 16.2. The smallest absolute Gasteiger partial charge is 0.154 e. The van der Waals surface area contributed by atoms with Crippen molar-refractivity contribution >= 4 is 0 Å². The van der Waals surface area contributed by atoms with E-state index in [0.29, 0.717) is 12.8 Å². The highest BCUT2D eigenvalue weighted by atomic mass is 19.1. The van der Waals surface area contributed by atoms with Gasteiger partial charge in [-0.15, -0.1) is 0 Å². The molecule has 1 aliphatic rings. The molecule has 0 saturated carbocycles. The Bertz CT molecular complexity index is 302. The topological polar surface area (TPSA) is 29.9 Å². The minimum absolute atomic E-state index is 0.554. The number of piperidine rings is 1. The van der Waals surface area contributed by atoms with Crippen molar-refractivity contribution in [3.63, 3.8) is 0 Å². The number of nitrogens with one attached hydrogen (secondary N) is 1. The molecular formula is C10H16FN3. The monoisotopic (exact) mass is 197 g/mol. The van der Waals surface area contributed by atoms with Crippen molar-refractivity contribution in [2.24, 2.45) is 0 Å². The second kappa shape index (κ2) is 3.69. The molecule has 0 aromatic carbocycles. The lowest BCUT2D eigenvalue weighted by molar-refractivity contribution is 0.103. The van der Waals surface area contributed by atoms with Crippen LogP contribution in [-0.4, -0.2) is 22.9 Å². The van der Waals surface area contributed by atoms with Crippen LogP contribution in [0.4, 0.5) is 4.39 Å². The summed E-state index contributed by atoms with van der Waals surface area (Å²) in [7, 11) is 0. The molecule has 0 radical (unpaired) electrons. The van der Waals surface area contributed by atoms with E-state index in [1.165, 1.54) is 0 Å². The first-order valence-corrected chi connectivity index (χ1v) is 5.18. The van der Waals surface area contributed by atoms with E-state index >= 15 is 0 Å². The third-order valence-corrected chi connectivity index (χ3v) is 2.87. The van der Waals surface area contributed by atoms with Crippen molar-refractivity contribution in [2.45, 2.75) is 32.0 Å². The quantitative estimate of drug-likeness (QED) is 0.777. The van der Waals surface area contributed by atoms with E-state index in [-0.39, 0.29) is 0 Å². The van der Waals surface area contributed by atoms with Gasteiger partial charge in [0, 0.05) is 12.7 Å². The zero-order chi connectivity index (χ0) is 10.0. The Morgan fingerprint density at radius 2 is 2.29 bits per heavy atom. The molecule has 2 rings (SSSR count). The number of aromatic nitrogens is 2.